The molecule has 2 N–H and O–H groups in total. The molecule has 0 aromatic heterocycles. The number of benzene rings is 1. The average Bonchev–Trinajstić information content (AvgIpc) is 2.52. The zero-order valence-electron chi connectivity index (χ0n) is 15.7. The monoisotopic (exact) mass is 517 g/mol. The van der Waals surface area contributed by atoms with Crippen LogP contribution in [0.15, 0.2) is 29.3 Å². The number of para-hydroxylation sites is 1. The van der Waals surface area contributed by atoms with Gasteiger partial charge in [0.2, 0.25) is 0 Å². The summed E-state index contributed by atoms with van der Waals surface area (Å²) >= 11 is 6.09. The molecule has 0 radical (unpaired) electrons. The number of hydrogen-bond donors (Lipinski definition) is 2. The first kappa shape index (κ1) is 25.3. The lowest BCUT2D eigenvalue weighted by Crippen LogP contribution is -2.43. The molecule has 150 valence electrons. The summed E-state index contributed by atoms with van der Waals surface area (Å²) in [4.78, 5) is 4.50. The molecule has 1 aromatic carbocycles. The fourth-order valence-corrected chi connectivity index (χ4v) is 2.99. The van der Waals surface area contributed by atoms with E-state index in [0.29, 0.717) is 36.2 Å². The van der Waals surface area contributed by atoms with Gasteiger partial charge in [0.1, 0.15) is 21.7 Å². The SMILES string of the molecule is CCNC(=NCC(C)Oc1ccccc1Cl)NC(C)CCS(C)(=O)=O.I. The number of guanidine groups is 1. The molecular weight excluding hydrogens is 489 g/mol. The van der Waals surface area contributed by atoms with E-state index >= 15 is 0 Å². The summed E-state index contributed by atoms with van der Waals surface area (Å²) in [6.07, 6.45) is 1.61. The van der Waals surface area contributed by atoms with Crippen LogP contribution in [0.3, 0.4) is 0 Å². The quantitative estimate of drug-likeness (QED) is 0.299. The van der Waals surface area contributed by atoms with Crippen molar-refractivity contribution in [1.29, 1.82) is 0 Å². The molecule has 0 aliphatic carbocycles. The molecule has 0 bridgehead atoms. The maximum atomic E-state index is 11.3. The number of sulfone groups is 1. The van der Waals surface area contributed by atoms with Crippen LogP contribution in [-0.2, 0) is 9.84 Å². The second-order valence-electron chi connectivity index (χ2n) is 6.04. The molecule has 1 aromatic rings. The van der Waals surface area contributed by atoms with E-state index in [9.17, 15) is 8.42 Å². The number of aliphatic imine (C=N–C) groups is 1. The lowest BCUT2D eigenvalue weighted by atomic mass is 10.3. The van der Waals surface area contributed by atoms with Crippen molar-refractivity contribution >= 4 is 51.4 Å². The zero-order chi connectivity index (χ0) is 18.9. The first-order valence-electron chi connectivity index (χ1n) is 8.35. The van der Waals surface area contributed by atoms with Crippen LogP contribution in [0.2, 0.25) is 5.02 Å². The van der Waals surface area contributed by atoms with E-state index < -0.39 is 9.84 Å². The van der Waals surface area contributed by atoms with Crippen LogP contribution in [0.5, 0.6) is 5.75 Å². The molecule has 9 heteroatoms. The van der Waals surface area contributed by atoms with Crippen LogP contribution in [-0.4, -0.2) is 51.6 Å². The summed E-state index contributed by atoms with van der Waals surface area (Å²) in [5.41, 5.74) is 0. The Kier molecular flexibility index (Phi) is 12.3. The first-order chi connectivity index (χ1) is 11.7. The largest absolute Gasteiger partial charge is 0.487 e. The van der Waals surface area contributed by atoms with E-state index in [1.807, 2.05) is 39.0 Å². The maximum absolute atomic E-state index is 11.3. The van der Waals surface area contributed by atoms with Crippen molar-refractivity contribution in [3.05, 3.63) is 29.3 Å². The highest BCUT2D eigenvalue weighted by atomic mass is 127. The molecule has 0 aliphatic rings. The molecule has 2 unspecified atom stereocenters. The molecule has 0 heterocycles. The Labute approximate surface area is 179 Å². The number of halogens is 2. The minimum absolute atomic E-state index is 0. The lowest BCUT2D eigenvalue weighted by Gasteiger charge is -2.19. The van der Waals surface area contributed by atoms with Crippen molar-refractivity contribution in [3.8, 4) is 5.75 Å². The Balaban J connectivity index is 0.00000625. The summed E-state index contributed by atoms with van der Waals surface area (Å²) in [7, 11) is -2.96. The van der Waals surface area contributed by atoms with Gasteiger partial charge in [-0.3, -0.25) is 0 Å². The Morgan fingerprint density at radius 2 is 1.96 bits per heavy atom. The van der Waals surface area contributed by atoms with E-state index in [1.54, 1.807) is 6.07 Å². The van der Waals surface area contributed by atoms with Crippen molar-refractivity contribution in [3.63, 3.8) is 0 Å². The normalized spacial score (nSPS) is 14.1. The van der Waals surface area contributed by atoms with Crippen LogP contribution in [0.4, 0.5) is 0 Å². The number of hydrogen-bond acceptors (Lipinski definition) is 4. The van der Waals surface area contributed by atoms with Crippen molar-refractivity contribution in [1.82, 2.24) is 10.6 Å². The Hall–Kier alpha value is -0.740. The van der Waals surface area contributed by atoms with Gasteiger partial charge >= 0.3 is 0 Å². The van der Waals surface area contributed by atoms with E-state index in [1.165, 1.54) is 6.26 Å². The summed E-state index contributed by atoms with van der Waals surface area (Å²) in [5, 5.41) is 6.93. The summed E-state index contributed by atoms with van der Waals surface area (Å²) < 4.78 is 28.3. The van der Waals surface area contributed by atoms with Gasteiger partial charge in [0.25, 0.3) is 0 Å². The van der Waals surface area contributed by atoms with Gasteiger partial charge in [0.05, 0.1) is 17.3 Å². The van der Waals surface area contributed by atoms with Gasteiger partial charge in [-0.25, -0.2) is 13.4 Å². The van der Waals surface area contributed by atoms with Gasteiger partial charge in [-0.15, -0.1) is 24.0 Å². The molecule has 1 rings (SSSR count). The number of nitrogens with one attached hydrogen (secondary N) is 2. The molecule has 0 fully saturated rings. The third-order valence-electron chi connectivity index (χ3n) is 3.32. The number of nitrogens with zero attached hydrogens (tertiary/aromatic N) is 1. The van der Waals surface area contributed by atoms with Gasteiger partial charge in [-0.05, 0) is 39.3 Å². The van der Waals surface area contributed by atoms with Crippen LogP contribution in [0.1, 0.15) is 27.2 Å². The second kappa shape index (κ2) is 12.6. The van der Waals surface area contributed by atoms with Gasteiger partial charge in [0, 0.05) is 18.8 Å². The van der Waals surface area contributed by atoms with Crippen LogP contribution in [0, 0.1) is 0 Å². The van der Waals surface area contributed by atoms with Gasteiger partial charge in [0.15, 0.2) is 5.96 Å². The molecule has 0 aliphatic heterocycles. The fraction of sp³-hybridized carbons (Fsp3) is 0.588. The number of ether oxygens (including phenoxy) is 1. The smallest absolute Gasteiger partial charge is 0.191 e. The first-order valence-corrected chi connectivity index (χ1v) is 10.8. The van der Waals surface area contributed by atoms with Crippen LogP contribution < -0.4 is 15.4 Å². The maximum Gasteiger partial charge on any atom is 0.191 e. The van der Waals surface area contributed by atoms with Crippen molar-refractivity contribution < 1.29 is 13.2 Å². The van der Waals surface area contributed by atoms with Gasteiger partial charge in [-0.2, -0.15) is 0 Å². The van der Waals surface area contributed by atoms with E-state index in [-0.39, 0.29) is 41.9 Å². The predicted octanol–water partition coefficient (Wildman–Crippen LogP) is 3.10. The predicted molar refractivity (Wildman–Crippen MR) is 120 cm³/mol. The highest BCUT2D eigenvalue weighted by Gasteiger charge is 2.11. The third-order valence-corrected chi connectivity index (χ3v) is 4.61. The standard InChI is InChI=1S/C17H28ClN3O3S.HI/c1-5-19-17(21-13(2)10-11-25(4,22)23)20-12-14(3)24-16-9-7-6-8-15(16)18;/h6-9,13-14H,5,10-12H2,1-4H3,(H2,19,20,21);1H. The second-order valence-corrected chi connectivity index (χ2v) is 8.71. The minimum Gasteiger partial charge on any atom is -0.487 e. The summed E-state index contributed by atoms with van der Waals surface area (Å²) in [5.74, 6) is 1.41. The van der Waals surface area contributed by atoms with Gasteiger partial charge < -0.3 is 15.4 Å². The van der Waals surface area contributed by atoms with Crippen LogP contribution in [0.25, 0.3) is 0 Å². The summed E-state index contributed by atoms with van der Waals surface area (Å²) in [6.45, 7) is 6.98. The highest BCUT2D eigenvalue weighted by Crippen LogP contribution is 2.24. The molecule has 0 amide bonds. The van der Waals surface area contributed by atoms with E-state index in [4.69, 9.17) is 16.3 Å². The van der Waals surface area contributed by atoms with Crippen LogP contribution >= 0.6 is 35.6 Å². The molecule has 0 saturated carbocycles. The highest BCUT2D eigenvalue weighted by molar-refractivity contribution is 14.0. The minimum atomic E-state index is -2.96. The fourth-order valence-electron chi connectivity index (χ4n) is 2.03. The number of rotatable bonds is 9. The third kappa shape index (κ3) is 11.1. The Morgan fingerprint density at radius 1 is 1.31 bits per heavy atom. The van der Waals surface area contributed by atoms with Crippen molar-refractivity contribution in [2.75, 3.05) is 25.1 Å². The van der Waals surface area contributed by atoms with E-state index in [0.717, 1.165) is 0 Å². The average molecular weight is 518 g/mol. The van der Waals surface area contributed by atoms with Crippen molar-refractivity contribution in [2.24, 2.45) is 4.99 Å². The summed E-state index contributed by atoms with van der Waals surface area (Å²) in [6, 6.07) is 7.31. The molecule has 0 spiro atoms. The Morgan fingerprint density at radius 3 is 2.54 bits per heavy atom. The van der Waals surface area contributed by atoms with Gasteiger partial charge in [-0.1, -0.05) is 23.7 Å². The molecule has 6 nitrogen and oxygen atoms in total. The lowest BCUT2D eigenvalue weighted by molar-refractivity contribution is 0.230. The van der Waals surface area contributed by atoms with Crippen molar-refractivity contribution in [2.45, 2.75) is 39.3 Å². The molecule has 2 atom stereocenters. The molecule has 0 saturated heterocycles. The zero-order valence-corrected chi connectivity index (χ0v) is 19.6. The topological polar surface area (TPSA) is 79.8 Å². The van der Waals surface area contributed by atoms with E-state index in [2.05, 4.69) is 15.6 Å². The Bertz CT molecular complexity index is 671. The molecule has 26 heavy (non-hydrogen) atoms. The molecular formula is C17H29ClIN3O3S.